The Labute approximate surface area is 178 Å². The number of hydrogen-bond donors (Lipinski definition) is 2. The summed E-state index contributed by atoms with van der Waals surface area (Å²) in [6, 6.07) is 16.7. The zero-order valence-corrected chi connectivity index (χ0v) is 17.6. The Morgan fingerprint density at radius 3 is 2.73 bits per heavy atom. The summed E-state index contributed by atoms with van der Waals surface area (Å²) in [5.41, 5.74) is 3.67. The number of fused-ring (bicyclic) bond motifs is 1. The molecule has 0 spiro atoms. The van der Waals surface area contributed by atoms with Gasteiger partial charge in [0.25, 0.3) is 0 Å². The number of rotatable bonds is 7. The Morgan fingerprint density at radius 2 is 1.90 bits per heavy atom. The highest BCUT2D eigenvalue weighted by Gasteiger charge is 2.22. The minimum atomic E-state index is 0.131. The van der Waals surface area contributed by atoms with Crippen molar-refractivity contribution in [2.24, 2.45) is 4.99 Å². The molecule has 0 saturated carbocycles. The van der Waals surface area contributed by atoms with E-state index in [0.717, 1.165) is 44.2 Å². The van der Waals surface area contributed by atoms with Crippen LogP contribution in [0.4, 0.5) is 0 Å². The third-order valence-corrected chi connectivity index (χ3v) is 5.54. The SMILES string of the molecule is CN=C(NCc1cccc(COC2CCOCC2)c1)NCC1Cc2ccccc2O1. The molecule has 2 aromatic rings. The predicted octanol–water partition coefficient (Wildman–Crippen LogP) is 3.05. The lowest BCUT2D eigenvalue weighted by molar-refractivity contribution is -0.0390. The van der Waals surface area contributed by atoms with Gasteiger partial charge >= 0.3 is 0 Å². The average molecular weight is 410 g/mol. The van der Waals surface area contributed by atoms with Crippen LogP contribution in [-0.4, -0.2) is 45.0 Å². The maximum atomic E-state index is 6.04. The second kappa shape index (κ2) is 10.5. The third kappa shape index (κ3) is 5.74. The molecule has 1 fully saturated rings. The highest BCUT2D eigenvalue weighted by molar-refractivity contribution is 5.79. The second-order valence-electron chi connectivity index (χ2n) is 7.80. The van der Waals surface area contributed by atoms with E-state index in [9.17, 15) is 0 Å². The van der Waals surface area contributed by atoms with Gasteiger partial charge < -0.3 is 24.8 Å². The molecule has 0 aromatic heterocycles. The van der Waals surface area contributed by atoms with Gasteiger partial charge in [0, 0.05) is 33.2 Å². The molecule has 30 heavy (non-hydrogen) atoms. The van der Waals surface area contributed by atoms with Crippen LogP contribution < -0.4 is 15.4 Å². The van der Waals surface area contributed by atoms with E-state index in [1.54, 1.807) is 7.05 Å². The Hall–Kier alpha value is -2.57. The lowest BCUT2D eigenvalue weighted by atomic mass is 10.1. The topological polar surface area (TPSA) is 64.1 Å². The van der Waals surface area contributed by atoms with Gasteiger partial charge in [-0.25, -0.2) is 0 Å². The molecular formula is C24H31N3O3. The number of nitrogens with zero attached hydrogens (tertiary/aromatic N) is 1. The van der Waals surface area contributed by atoms with Gasteiger partial charge in [-0.3, -0.25) is 4.99 Å². The molecule has 2 aliphatic heterocycles. The largest absolute Gasteiger partial charge is 0.488 e. The van der Waals surface area contributed by atoms with Crippen LogP contribution in [0.25, 0.3) is 0 Å². The lowest BCUT2D eigenvalue weighted by Gasteiger charge is -2.22. The number of para-hydroxylation sites is 1. The number of guanidine groups is 1. The molecule has 0 aliphatic carbocycles. The summed E-state index contributed by atoms with van der Waals surface area (Å²) in [6.45, 7) is 3.67. The molecule has 2 aromatic carbocycles. The van der Waals surface area contributed by atoms with Gasteiger partial charge in [-0.05, 0) is 35.6 Å². The summed E-state index contributed by atoms with van der Waals surface area (Å²) in [6.07, 6.45) is 3.34. The first-order chi connectivity index (χ1) is 14.8. The molecule has 2 aliphatic rings. The molecule has 0 radical (unpaired) electrons. The fraction of sp³-hybridized carbons (Fsp3) is 0.458. The van der Waals surface area contributed by atoms with Crippen LogP contribution in [0.15, 0.2) is 53.5 Å². The average Bonchev–Trinajstić information content (AvgIpc) is 3.22. The van der Waals surface area contributed by atoms with Crippen LogP contribution in [-0.2, 0) is 29.0 Å². The zero-order chi connectivity index (χ0) is 20.6. The van der Waals surface area contributed by atoms with E-state index in [1.807, 2.05) is 12.1 Å². The van der Waals surface area contributed by atoms with Gasteiger partial charge in [-0.1, -0.05) is 42.5 Å². The molecule has 2 N–H and O–H groups in total. The standard InChI is InChI=1S/C24H31N3O3/c1-25-24(27-16-22-14-20-7-2-3-8-23(20)30-22)26-15-18-5-4-6-19(13-18)17-29-21-9-11-28-12-10-21/h2-8,13,21-22H,9-12,14-17H2,1H3,(H2,25,26,27). The van der Waals surface area contributed by atoms with Gasteiger partial charge in [0.15, 0.2) is 5.96 Å². The summed E-state index contributed by atoms with van der Waals surface area (Å²) in [4.78, 5) is 4.34. The van der Waals surface area contributed by atoms with E-state index in [-0.39, 0.29) is 6.10 Å². The molecule has 1 saturated heterocycles. The fourth-order valence-corrected chi connectivity index (χ4v) is 3.87. The van der Waals surface area contributed by atoms with Crippen molar-refractivity contribution >= 4 is 5.96 Å². The summed E-state index contributed by atoms with van der Waals surface area (Å²) in [5, 5.41) is 6.77. The molecule has 0 amide bonds. The van der Waals surface area contributed by atoms with E-state index in [2.05, 4.69) is 52.0 Å². The van der Waals surface area contributed by atoms with Crippen molar-refractivity contribution in [2.75, 3.05) is 26.8 Å². The van der Waals surface area contributed by atoms with E-state index >= 15 is 0 Å². The smallest absolute Gasteiger partial charge is 0.191 e. The molecular weight excluding hydrogens is 378 g/mol. The summed E-state index contributed by atoms with van der Waals surface area (Å²) in [7, 11) is 1.79. The number of nitrogens with one attached hydrogen (secondary N) is 2. The third-order valence-electron chi connectivity index (χ3n) is 5.54. The monoisotopic (exact) mass is 409 g/mol. The van der Waals surface area contributed by atoms with Crippen LogP contribution in [0.1, 0.15) is 29.5 Å². The van der Waals surface area contributed by atoms with Crippen molar-refractivity contribution in [1.29, 1.82) is 0 Å². The maximum absolute atomic E-state index is 6.04. The van der Waals surface area contributed by atoms with Gasteiger partial charge in [0.05, 0.1) is 19.3 Å². The molecule has 0 bridgehead atoms. The number of benzene rings is 2. The maximum Gasteiger partial charge on any atom is 0.191 e. The zero-order valence-electron chi connectivity index (χ0n) is 17.6. The first-order valence-corrected chi connectivity index (χ1v) is 10.8. The Kier molecular flexibility index (Phi) is 7.21. The first-order valence-electron chi connectivity index (χ1n) is 10.8. The van der Waals surface area contributed by atoms with Gasteiger partial charge in [-0.2, -0.15) is 0 Å². The van der Waals surface area contributed by atoms with Crippen molar-refractivity contribution in [3.63, 3.8) is 0 Å². The van der Waals surface area contributed by atoms with Crippen LogP contribution >= 0.6 is 0 Å². The normalized spacial score (nSPS) is 19.2. The second-order valence-corrected chi connectivity index (χ2v) is 7.80. The highest BCUT2D eigenvalue weighted by Crippen LogP contribution is 2.27. The summed E-state index contributed by atoms with van der Waals surface area (Å²) >= 11 is 0. The van der Waals surface area contributed by atoms with Gasteiger partial charge in [-0.15, -0.1) is 0 Å². The van der Waals surface area contributed by atoms with E-state index in [0.29, 0.717) is 25.8 Å². The highest BCUT2D eigenvalue weighted by atomic mass is 16.5. The van der Waals surface area contributed by atoms with E-state index in [1.165, 1.54) is 16.7 Å². The van der Waals surface area contributed by atoms with Crippen molar-refractivity contribution in [3.05, 3.63) is 65.2 Å². The summed E-state index contributed by atoms with van der Waals surface area (Å²) in [5.74, 6) is 1.77. The van der Waals surface area contributed by atoms with E-state index < -0.39 is 0 Å². The van der Waals surface area contributed by atoms with Gasteiger partial charge in [0.2, 0.25) is 0 Å². The van der Waals surface area contributed by atoms with Crippen molar-refractivity contribution in [2.45, 2.75) is 44.6 Å². The molecule has 6 heteroatoms. The number of ether oxygens (including phenoxy) is 3. The molecule has 4 rings (SSSR count). The molecule has 6 nitrogen and oxygen atoms in total. The van der Waals surface area contributed by atoms with Crippen molar-refractivity contribution in [3.8, 4) is 5.75 Å². The van der Waals surface area contributed by atoms with E-state index in [4.69, 9.17) is 14.2 Å². The van der Waals surface area contributed by atoms with Crippen molar-refractivity contribution in [1.82, 2.24) is 10.6 Å². The van der Waals surface area contributed by atoms with Crippen LogP contribution in [0, 0.1) is 0 Å². The molecule has 160 valence electrons. The summed E-state index contributed by atoms with van der Waals surface area (Å²) < 4.78 is 17.4. The van der Waals surface area contributed by atoms with Crippen LogP contribution in [0.2, 0.25) is 0 Å². The Morgan fingerprint density at radius 1 is 1.07 bits per heavy atom. The van der Waals surface area contributed by atoms with Gasteiger partial charge in [0.1, 0.15) is 11.9 Å². The van der Waals surface area contributed by atoms with Crippen LogP contribution in [0.5, 0.6) is 5.75 Å². The number of aliphatic imine (C=N–C) groups is 1. The molecule has 1 atom stereocenters. The molecule has 2 heterocycles. The number of hydrogen-bond acceptors (Lipinski definition) is 4. The first kappa shape index (κ1) is 20.7. The minimum absolute atomic E-state index is 0.131. The predicted molar refractivity (Wildman–Crippen MR) is 118 cm³/mol. The quantitative estimate of drug-likeness (QED) is 0.544. The van der Waals surface area contributed by atoms with Crippen LogP contribution in [0.3, 0.4) is 0 Å². The molecule has 1 unspecified atom stereocenters. The Balaban J connectivity index is 1.21. The minimum Gasteiger partial charge on any atom is -0.488 e. The van der Waals surface area contributed by atoms with Crippen molar-refractivity contribution < 1.29 is 14.2 Å². The Bertz CT molecular complexity index is 824. The lowest BCUT2D eigenvalue weighted by Crippen LogP contribution is -2.41. The fourth-order valence-electron chi connectivity index (χ4n) is 3.87.